The van der Waals surface area contributed by atoms with Gasteiger partial charge in [-0.2, -0.15) is 4.31 Å². The number of hydrogen-bond donors (Lipinski definition) is 1. The van der Waals surface area contributed by atoms with Gasteiger partial charge in [0.25, 0.3) is 0 Å². The number of hydrogen-bond acceptors (Lipinski definition) is 4. The zero-order chi connectivity index (χ0) is 20.9. The van der Waals surface area contributed by atoms with Gasteiger partial charge in [-0.25, -0.2) is 8.42 Å². The minimum atomic E-state index is -3.75. The first kappa shape index (κ1) is 21.9. The van der Waals surface area contributed by atoms with Crippen molar-refractivity contribution < 1.29 is 17.9 Å². The standard InChI is InChI=1S/C21H28N2O4S/c1-6-23(28(25,26)20-13-15(2)7-8-16(20)3)14-21(24)22-17(4)18-9-11-19(27-5)12-10-18/h7-13,17H,6,14H2,1-5H3,(H,22,24)/t17-/m0/s1. The van der Waals surface area contributed by atoms with E-state index >= 15 is 0 Å². The normalized spacial score (nSPS) is 12.6. The molecule has 1 N–H and O–H groups in total. The van der Waals surface area contributed by atoms with Crippen LogP contribution in [-0.4, -0.2) is 38.8 Å². The lowest BCUT2D eigenvalue weighted by Crippen LogP contribution is -2.41. The molecular weight excluding hydrogens is 376 g/mol. The Kier molecular flexibility index (Phi) is 7.21. The summed E-state index contributed by atoms with van der Waals surface area (Å²) in [5.41, 5.74) is 2.43. The van der Waals surface area contributed by atoms with Crippen molar-refractivity contribution in [2.75, 3.05) is 20.2 Å². The number of methoxy groups -OCH3 is 1. The molecule has 28 heavy (non-hydrogen) atoms. The molecule has 1 amide bonds. The zero-order valence-electron chi connectivity index (χ0n) is 17.0. The molecule has 2 aromatic carbocycles. The SMILES string of the molecule is CCN(CC(=O)N[C@@H](C)c1ccc(OC)cc1)S(=O)(=O)c1cc(C)ccc1C. The fourth-order valence-corrected chi connectivity index (χ4v) is 4.63. The molecule has 0 aliphatic rings. The van der Waals surface area contributed by atoms with Gasteiger partial charge < -0.3 is 10.1 Å². The minimum absolute atomic E-state index is 0.208. The van der Waals surface area contributed by atoms with E-state index in [-0.39, 0.29) is 29.9 Å². The summed E-state index contributed by atoms with van der Waals surface area (Å²) in [6.07, 6.45) is 0. The van der Waals surface area contributed by atoms with Crippen LogP contribution in [-0.2, 0) is 14.8 Å². The Morgan fingerprint density at radius 1 is 1.14 bits per heavy atom. The maximum absolute atomic E-state index is 13.0. The van der Waals surface area contributed by atoms with Crippen LogP contribution >= 0.6 is 0 Å². The average molecular weight is 405 g/mol. The van der Waals surface area contributed by atoms with Gasteiger partial charge in [0.15, 0.2) is 0 Å². The minimum Gasteiger partial charge on any atom is -0.497 e. The summed E-state index contributed by atoms with van der Waals surface area (Å²) in [4.78, 5) is 12.7. The van der Waals surface area contributed by atoms with Crippen LogP contribution in [0.1, 0.15) is 36.6 Å². The van der Waals surface area contributed by atoms with E-state index in [0.717, 1.165) is 16.9 Å². The Morgan fingerprint density at radius 2 is 1.79 bits per heavy atom. The molecule has 0 aliphatic heterocycles. The largest absolute Gasteiger partial charge is 0.497 e. The molecule has 0 bridgehead atoms. The van der Waals surface area contributed by atoms with Gasteiger partial charge in [-0.15, -0.1) is 0 Å². The van der Waals surface area contributed by atoms with Crippen LogP contribution in [0.25, 0.3) is 0 Å². The van der Waals surface area contributed by atoms with Gasteiger partial charge in [0.05, 0.1) is 24.6 Å². The third-order valence-electron chi connectivity index (χ3n) is 4.63. The summed E-state index contributed by atoms with van der Waals surface area (Å²) in [5.74, 6) is 0.387. The van der Waals surface area contributed by atoms with Crippen molar-refractivity contribution in [3.63, 3.8) is 0 Å². The summed E-state index contributed by atoms with van der Waals surface area (Å²) in [7, 11) is -2.16. The maximum atomic E-state index is 13.0. The van der Waals surface area contributed by atoms with Crippen LogP contribution in [0.15, 0.2) is 47.4 Å². The second-order valence-corrected chi connectivity index (χ2v) is 8.67. The summed E-state index contributed by atoms with van der Waals surface area (Å²) < 4.78 is 32.4. The van der Waals surface area contributed by atoms with Gasteiger partial charge in [0.2, 0.25) is 15.9 Å². The van der Waals surface area contributed by atoms with Gasteiger partial charge in [-0.05, 0) is 55.7 Å². The molecule has 2 aromatic rings. The predicted octanol–water partition coefficient (Wildman–Crippen LogP) is 3.20. The van der Waals surface area contributed by atoms with E-state index in [9.17, 15) is 13.2 Å². The first-order valence-corrected chi connectivity index (χ1v) is 10.6. The third kappa shape index (κ3) is 5.11. The highest BCUT2D eigenvalue weighted by Crippen LogP contribution is 2.21. The monoisotopic (exact) mass is 404 g/mol. The van der Waals surface area contributed by atoms with Crippen LogP contribution in [0.4, 0.5) is 0 Å². The smallest absolute Gasteiger partial charge is 0.243 e. The summed E-state index contributed by atoms with van der Waals surface area (Å²) >= 11 is 0. The van der Waals surface area contributed by atoms with Crippen LogP contribution in [0.2, 0.25) is 0 Å². The van der Waals surface area contributed by atoms with Crippen molar-refractivity contribution >= 4 is 15.9 Å². The first-order valence-electron chi connectivity index (χ1n) is 9.19. The van der Waals surface area contributed by atoms with E-state index in [0.29, 0.717) is 5.56 Å². The highest BCUT2D eigenvalue weighted by Gasteiger charge is 2.27. The Bertz CT molecular complexity index is 924. The Hall–Kier alpha value is -2.38. The van der Waals surface area contributed by atoms with Crippen LogP contribution in [0.5, 0.6) is 5.75 Å². The van der Waals surface area contributed by atoms with Gasteiger partial charge in [-0.3, -0.25) is 4.79 Å². The molecular formula is C21H28N2O4S. The van der Waals surface area contributed by atoms with Gasteiger partial charge in [-0.1, -0.05) is 31.2 Å². The van der Waals surface area contributed by atoms with Crippen molar-refractivity contribution in [3.8, 4) is 5.75 Å². The maximum Gasteiger partial charge on any atom is 0.243 e. The molecule has 0 aromatic heterocycles. The van der Waals surface area contributed by atoms with E-state index in [1.54, 1.807) is 33.1 Å². The van der Waals surface area contributed by atoms with Crippen LogP contribution in [0, 0.1) is 13.8 Å². The molecule has 0 unspecified atom stereocenters. The highest BCUT2D eigenvalue weighted by atomic mass is 32.2. The number of carbonyl (C=O) groups excluding carboxylic acids is 1. The molecule has 1 atom stereocenters. The van der Waals surface area contributed by atoms with Gasteiger partial charge in [0.1, 0.15) is 5.75 Å². The topological polar surface area (TPSA) is 75.7 Å². The molecule has 152 valence electrons. The Balaban J connectivity index is 2.12. The number of amides is 1. The second kappa shape index (κ2) is 9.21. The lowest BCUT2D eigenvalue weighted by Gasteiger charge is -2.23. The molecule has 0 aliphatic carbocycles. The Labute approximate surface area is 167 Å². The fraction of sp³-hybridized carbons (Fsp3) is 0.381. The Morgan fingerprint density at radius 3 is 2.36 bits per heavy atom. The number of ether oxygens (including phenoxy) is 1. The molecule has 0 radical (unpaired) electrons. The van der Waals surface area contributed by atoms with E-state index in [4.69, 9.17) is 4.74 Å². The van der Waals surface area contributed by atoms with Crippen molar-refractivity contribution in [3.05, 3.63) is 59.2 Å². The van der Waals surface area contributed by atoms with E-state index in [2.05, 4.69) is 5.32 Å². The van der Waals surface area contributed by atoms with E-state index in [1.165, 1.54) is 4.31 Å². The van der Waals surface area contributed by atoms with Gasteiger partial charge in [0, 0.05) is 6.54 Å². The van der Waals surface area contributed by atoms with Crippen LogP contribution in [0.3, 0.4) is 0 Å². The van der Waals surface area contributed by atoms with Crippen molar-refractivity contribution in [1.29, 1.82) is 0 Å². The van der Waals surface area contributed by atoms with Gasteiger partial charge >= 0.3 is 0 Å². The predicted molar refractivity (Wildman–Crippen MR) is 110 cm³/mol. The van der Waals surface area contributed by atoms with Crippen molar-refractivity contribution in [2.24, 2.45) is 0 Å². The third-order valence-corrected chi connectivity index (χ3v) is 6.69. The number of nitrogens with one attached hydrogen (secondary N) is 1. The number of benzene rings is 2. The lowest BCUT2D eigenvalue weighted by molar-refractivity contribution is -0.121. The molecule has 0 saturated carbocycles. The second-order valence-electron chi connectivity index (χ2n) is 6.76. The lowest BCUT2D eigenvalue weighted by atomic mass is 10.1. The van der Waals surface area contributed by atoms with Crippen molar-refractivity contribution in [1.82, 2.24) is 9.62 Å². The number of carbonyl (C=O) groups is 1. The summed E-state index contributed by atoms with van der Waals surface area (Å²) in [6, 6.07) is 12.4. The molecule has 2 rings (SSSR count). The fourth-order valence-electron chi connectivity index (χ4n) is 2.91. The van der Waals surface area contributed by atoms with Crippen molar-refractivity contribution in [2.45, 2.75) is 38.6 Å². The first-order chi connectivity index (χ1) is 13.2. The highest BCUT2D eigenvalue weighted by molar-refractivity contribution is 7.89. The number of sulfonamides is 1. The summed E-state index contributed by atoms with van der Waals surface area (Å²) in [6.45, 7) is 7.16. The summed E-state index contributed by atoms with van der Waals surface area (Å²) in [5, 5.41) is 2.86. The molecule has 7 heteroatoms. The van der Waals surface area contributed by atoms with E-state index in [1.807, 2.05) is 44.2 Å². The van der Waals surface area contributed by atoms with E-state index < -0.39 is 10.0 Å². The van der Waals surface area contributed by atoms with Crippen LogP contribution < -0.4 is 10.1 Å². The number of rotatable bonds is 8. The molecule has 0 fully saturated rings. The molecule has 6 nitrogen and oxygen atoms in total. The molecule has 0 spiro atoms. The number of likely N-dealkylation sites (N-methyl/N-ethyl adjacent to an activating group) is 1. The number of aryl methyl sites for hydroxylation is 2. The molecule has 0 heterocycles. The average Bonchev–Trinajstić information content (AvgIpc) is 2.67. The quantitative estimate of drug-likeness (QED) is 0.733. The molecule has 0 saturated heterocycles. The zero-order valence-corrected chi connectivity index (χ0v) is 17.8. The number of nitrogens with zero attached hydrogens (tertiary/aromatic N) is 1.